The van der Waals surface area contributed by atoms with Gasteiger partial charge in [-0.3, -0.25) is 9.59 Å². The third-order valence-electron chi connectivity index (χ3n) is 4.34. The molecule has 136 valence electrons. The number of rotatable bonds is 6. The lowest BCUT2D eigenvalue weighted by Crippen LogP contribution is -2.25. The van der Waals surface area contributed by atoms with Crippen molar-refractivity contribution in [2.45, 2.75) is 38.6 Å². The normalized spacial score (nSPS) is 13.3. The van der Waals surface area contributed by atoms with E-state index in [-0.39, 0.29) is 18.2 Å². The number of hydrogen-bond donors (Lipinski definition) is 2. The lowest BCUT2D eigenvalue weighted by atomic mass is 10.1. The van der Waals surface area contributed by atoms with Crippen LogP contribution in [-0.4, -0.2) is 17.9 Å². The van der Waals surface area contributed by atoms with Gasteiger partial charge in [-0.05, 0) is 55.5 Å². The van der Waals surface area contributed by atoms with E-state index in [9.17, 15) is 9.59 Å². The average molecular weight is 391 g/mol. The first kappa shape index (κ1) is 18.7. The highest BCUT2D eigenvalue weighted by atomic mass is 35.5. The van der Waals surface area contributed by atoms with Crippen molar-refractivity contribution in [3.8, 4) is 0 Å². The Morgan fingerprint density at radius 1 is 1.15 bits per heavy atom. The van der Waals surface area contributed by atoms with E-state index in [1.165, 1.54) is 0 Å². The van der Waals surface area contributed by atoms with Gasteiger partial charge < -0.3 is 10.6 Å². The summed E-state index contributed by atoms with van der Waals surface area (Å²) >= 11 is 12.2. The van der Waals surface area contributed by atoms with Crippen molar-refractivity contribution in [1.82, 2.24) is 5.32 Å². The largest absolute Gasteiger partial charge is 0.349 e. The molecule has 0 unspecified atom stereocenters. The van der Waals surface area contributed by atoms with Crippen molar-refractivity contribution in [1.29, 1.82) is 0 Å². The molecule has 1 aliphatic rings. The van der Waals surface area contributed by atoms with Crippen molar-refractivity contribution >= 4 is 40.7 Å². The van der Waals surface area contributed by atoms with Crippen molar-refractivity contribution < 1.29 is 9.59 Å². The summed E-state index contributed by atoms with van der Waals surface area (Å²) in [5.41, 5.74) is 2.94. The Balaban J connectivity index is 1.62. The predicted molar refractivity (Wildman–Crippen MR) is 105 cm³/mol. The first-order chi connectivity index (χ1) is 12.4. The van der Waals surface area contributed by atoms with Crippen LogP contribution in [0.2, 0.25) is 10.0 Å². The summed E-state index contributed by atoms with van der Waals surface area (Å²) in [6, 6.07) is 11.0. The summed E-state index contributed by atoms with van der Waals surface area (Å²) < 4.78 is 0. The Morgan fingerprint density at radius 3 is 2.65 bits per heavy atom. The number of halogens is 2. The number of hydrogen-bond acceptors (Lipinski definition) is 2. The minimum Gasteiger partial charge on any atom is -0.349 e. The van der Waals surface area contributed by atoms with E-state index in [0.29, 0.717) is 33.8 Å². The van der Waals surface area contributed by atoms with Gasteiger partial charge in [0.05, 0.1) is 10.0 Å². The predicted octanol–water partition coefficient (Wildman–Crippen LogP) is 4.77. The number of nitrogens with one attached hydrogen (secondary N) is 2. The van der Waals surface area contributed by atoms with E-state index in [4.69, 9.17) is 23.2 Å². The Morgan fingerprint density at radius 2 is 1.92 bits per heavy atom. The van der Waals surface area contributed by atoms with Gasteiger partial charge in [0.1, 0.15) is 0 Å². The molecule has 2 aromatic carbocycles. The molecule has 26 heavy (non-hydrogen) atoms. The third kappa shape index (κ3) is 4.77. The van der Waals surface area contributed by atoms with E-state index in [1.54, 1.807) is 18.2 Å². The first-order valence-electron chi connectivity index (χ1n) is 8.58. The first-order valence-corrected chi connectivity index (χ1v) is 9.34. The zero-order valence-corrected chi connectivity index (χ0v) is 16.0. The van der Waals surface area contributed by atoms with Crippen LogP contribution in [0, 0.1) is 6.92 Å². The number of anilines is 1. The minimum atomic E-state index is -0.135. The van der Waals surface area contributed by atoms with Gasteiger partial charge in [0, 0.05) is 23.7 Å². The Labute approximate surface area is 162 Å². The van der Waals surface area contributed by atoms with E-state index in [2.05, 4.69) is 10.6 Å². The monoisotopic (exact) mass is 390 g/mol. The molecule has 0 saturated heterocycles. The van der Waals surface area contributed by atoms with E-state index in [0.717, 1.165) is 24.0 Å². The fourth-order valence-electron chi connectivity index (χ4n) is 2.60. The molecule has 0 spiro atoms. The van der Waals surface area contributed by atoms with Crippen LogP contribution in [0.25, 0.3) is 0 Å². The second kappa shape index (κ2) is 8.11. The fourth-order valence-corrected chi connectivity index (χ4v) is 3.01. The lowest BCUT2D eigenvalue weighted by Gasteiger charge is -2.11. The molecule has 2 amide bonds. The molecular weight excluding hydrogens is 371 g/mol. The smallest absolute Gasteiger partial charge is 0.251 e. The zero-order valence-electron chi connectivity index (χ0n) is 14.4. The molecule has 0 bridgehead atoms. The molecule has 1 aliphatic carbocycles. The SMILES string of the molecule is Cc1ccc(C(=O)NC2CC2)cc1NC(=O)CCc1cccc(Cl)c1Cl. The maximum absolute atomic E-state index is 12.3. The molecule has 0 atom stereocenters. The molecule has 2 N–H and O–H groups in total. The van der Waals surface area contributed by atoms with Crippen LogP contribution < -0.4 is 10.6 Å². The van der Waals surface area contributed by atoms with E-state index in [1.807, 2.05) is 25.1 Å². The second-order valence-corrected chi connectivity index (χ2v) is 7.32. The number of benzene rings is 2. The number of carbonyl (C=O) groups excluding carboxylic acids is 2. The van der Waals surface area contributed by atoms with Crippen LogP contribution >= 0.6 is 23.2 Å². The van der Waals surface area contributed by atoms with Crippen LogP contribution in [0.15, 0.2) is 36.4 Å². The van der Waals surface area contributed by atoms with Gasteiger partial charge in [-0.2, -0.15) is 0 Å². The molecule has 1 fully saturated rings. The standard InChI is InChI=1S/C20H20Cl2N2O2/c1-12-5-6-14(20(26)23-15-8-9-15)11-17(12)24-18(25)10-7-13-3-2-4-16(21)19(13)22/h2-6,11,15H,7-10H2,1H3,(H,23,26)(H,24,25). The van der Waals surface area contributed by atoms with Crippen molar-refractivity contribution in [3.63, 3.8) is 0 Å². The summed E-state index contributed by atoms with van der Waals surface area (Å²) in [6.07, 6.45) is 2.84. The van der Waals surface area contributed by atoms with Gasteiger partial charge in [0.2, 0.25) is 5.91 Å². The molecule has 0 heterocycles. The minimum absolute atomic E-state index is 0.103. The van der Waals surface area contributed by atoms with Crippen molar-refractivity contribution in [3.05, 3.63) is 63.1 Å². The fraction of sp³-hybridized carbons (Fsp3) is 0.300. The van der Waals surface area contributed by atoms with Gasteiger partial charge in [-0.15, -0.1) is 0 Å². The Hall–Kier alpha value is -2.04. The van der Waals surface area contributed by atoms with Gasteiger partial charge in [-0.25, -0.2) is 0 Å². The Kier molecular flexibility index (Phi) is 5.84. The molecule has 3 rings (SSSR count). The summed E-state index contributed by atoms with van der Waals surface area (Å²) in [4.78, 5) is 24.5. The van der Waals surface area contributed by atoms with Crippen LogP contribution in [0.1, 0.15) is 40.7 Å². The topological polar surface area (TPSA) is 58.2 Å². The highest BCUT2D eigenvalue weighted by Gasteiger charge is 2.24. The lowest BCUT2D eigenvalue weighted by molar-refractivity contribution is -0.116. The van der Waals surface area contributed by atoms with Crippen LogP contribution in [0.4, 0.5) is 5.69 Å². The summed E-state index contributed by atoms with van der Waals surface area (Å²) in [5, 5.41) is 6.80. The van der Waals surface area contributed by atoms with Gasteiger partial charge in [-0.1, -0.05) is 41.4 Å². The number of amides is 2. The number of carbonyl (C=O) groups is 2. The summed E-state index contributed by atoms with van der Waals surface area (Å²) in [5.74, 6) is -0.238. The molecule has 2 aromatic rings. The molecule has 6 heteroatoms. The quantitative estimate of drug-likeness (QED) is 0.746. The van der Waals surface area contributed by atoms with Crippen LogP contribution in [-0.2, 0) is 11.2 Å². The highest BCUT2D eigenvalue weighted by molar-refractivity contribution is 6.42. The molecular formula is C20H20Cl2N2O2. The molecule has 0 radical (unpaired) electrons. The summed E-state index contributed by atoms with van der Waals surface area (Å²) in [6.45, 7) is 1.89. The van der Waals surface area contributed by atoms with Crippen LogP contribution in [0.5, 0.6) is 0 Å². The highest BCUT2D eigenvalue weighted by Crippen LogP contribution is 2.26. The molecule has 1 saturated carbocycles. The maximum atomic E-state index is 12.3. The van der Waals surface area contributed by atoms with Gasteiger partial charge in [0.25, 0.3) is 5.91 Å². The molecule has 4 nitrogen and oxygen atoms in total. The van der Waals surface area contributed by atoms with Gasteiger partial charge >= 0.3 is 0 Å². The maximum Gasteiger partial charge on any atom is 0.251 e. The van der Waals surface area contributed by atoms with Crippen LogP contribution in [0.3, 0.4) is 0 Å². The van der Waals surface area contributed by atoms with Crippen molar-refractivity contribution in [2.75, 3.05) is 5.32 Å². The molecule has 0 aromatic heterocycles. The van der Waals surface area contributed by atoms with E-state index < -0.39 is 0 Å². The average Bonchev–Trinajstić information content (AvgIpc) is 3.42. The van der Waals surface area contributed by atoms with Gasteiger partial charge in [0.15, 0.2) is 0 Å². The Bertz CT molecular complexity index is 848. The molecule has 0 aliphatic heterocycles. The summed E-state index contributed by atoms with van der Waals surface area (Å²) in [7, 11) is 0. The van der Waals surface area contributed by atoms with Crippen molar-refractivity contribution in [2.24, 2.45) is 0 Å². The zero-order chi connectivity index (χ0) is 18.7. The van der Waals surface area contributed by atoms with E-state index >= 15 is 0 Å². The third-order valence-corrected chi connectivity index (χ3v) is 5.20. The second-order valence-electron chi connectivity index (χ2n) is 6.54. The number of aryl methyl sites for hydroxylation is 2.